The van der Waals surface area contributed by atoms with Gasteiger partial charge in [-0.2, -0.15) is 5.10 Å². The number of ether oxygens (including phenoxy) is 2. The number of nitrogens with zero attached hydrogens (tertiary/aromatic N) is 6. The van der Waals surface area contributed by atoms with Crippen LogP contribution < -0.4 is 10.1 Å². The van der Waals surface area contributed by atoms with Gasteiger partial charge in [-0.15, -0.1) is 0 Å². The average Bonchev–Trinajstić information content (AvgIpc) is 3.64. The number of rotatable bonds is 11. The topological polar surface area (TPSA) is 99.3 Å². The largest absolute Gasteiger partial charge is 0.473 e. The first-order valence-corrected chi connectivity index (χ1v) is 16.9. The van der Waals surface area contributed by atoms with Crippen molar-refractivity contribution in [1.29, 1.82) is 0 Å². The number of hydrogen-bond acceptors (Lipinski definition) is 7. The Morgan fingerprint density at radius 1 is 1.10 bits per heavy atom. The molecule has 2 unspecified atom stereocenters. The molecule has 2 aliphatic rings. The van der Waals surface area contributed by atoms with Crippen LogP contribution in [0.3, 0.4) is 0 Å². The summed E-state index contributed by atoms with van der Waals surface area (Å²) in [6.07, 6.45) is 4.83. The zero-order valence-electron chi connectivity index (χ0n) is 27.1. The molecule has 250 valence electrons. The Bertz CT molecular complexity index is 1910. The summed E-state index contributed by atoms with van der Waals surface area (Å²) in [5.74, 6) is 1.26. The van der Waals surface area contributed by atoms with E-state index in [1.54, 1.807) is 29.1 Å². The lowest BCUT2D eigenvalue weighted by atomic mass is 9.93. The van der Waals surface area contributed by atoms with Gasteiger partial charge in [-0.05, 0) is 88.7 Å². The standard InChI is InChI=1S/C36H39ClFN7O3/c1-23-10-14-39-45(23)24(2)36(46)40-28-8-9-33-32(19-28)41-34(44(33)20-29-13-17-47-29)21-43-15-11-25(12-16-43)31-4-3-5-35(42-31)48-22-26-6-7-27(37)18-30(26)38/h3-10,14,18-19,24-25,29H,11-13,15-17,20-22H2,1-2H3,(H,40,46). The van der Waals surface area contributed by atoms with E-state index in [9.17, 15) is 9.18 Å². The van der Waals surface area contributed by atoms with Gasteiger partial charge in [0.15, 0.2) is 0 Å². The third kappa shape index (κ3) is 7.08. The van der Waals surface area contributed by atoms with Crippen LogP contribution in [-0.4, -0.2) is 60.9 Å². The maximum atomic E-state index is 14.2. The summed E-state index contributed by atoms with van der Waals surface area (Å²) in [6, 6.07) is 17.7. The van der Waals surface area contributed by atoms with Crippen molar-refractivity contribution in [3.8, 4) is 5.88 Å². The number of nitrogens with one attached hydrogen (secondary N) is 1. The van der Waals surface area contributed by atoms with Gasteiger partial charge >= 0.3 is 0 Å². The summed E-state index contributed by atoms with van der Waals surface area (Å²) in [7, 11) is 0. The van der Waals surface area contributed by atoms with Crippen LogP contribution in [0.4, 0.5) is 10.1 Å². The molecule has 2 saturated heterocycles. The number of anilines is 1. The van der Waals surface area contributed by atoms with Gasteiger partial charge in [0.05, 0.1) is 30.2 Å². The molecule has 2 aliphatic heterocycles. The van der Waals surface area contributed by atoms with Gasteiger partial charge in [-0.1, -0.05) is 23.7 Å². The van der Waals surface area contributed by atoms with E-state index in [1.165, 1.54) is 6.07 Å². The van der Waals surface area contributed by atoms with Crippen LogP contribution in [0.15, 0.2) is 66.9 Å². The predicted molar refractivity (Wildman–Crippen MR) is 182 cm³/mol. The van der Waals surface area contributed by atoms with Crippen LogP contribution in [0.2, 0.25) is 5.02 Å². The third-order valence-electron chi connectivity index (χ3n) is 9.40. The van der Waals surface area contributed by atoms with Gasteiger partial charge in [0, 0.05) is 52.4 Å². The molecule has 2 fully saturated rings. The fourth-order valence-corrected chi connectivity index (χ4v) is 6.63. The van der Waals surface area contributed by atoms with Crippen molar-refractivity contribution >= 4 is 34.2 Å². The Balaban J connectivity index is 1.01. The summed E-state index contributed by atoms with van der Waals surface area (Å²) in [5, 5.41) is 7.69. The summed E-state index contributed by atoms with van der Waals surface area (Å²) in [5.41, 5.74) is 4.94. The number of halogens is 2. The zero-order valence-corrected chi connectivity index (χ0v) is 27.9. The lowest BCUT2D eigenvalue weighted by molar-refractivity contribution is -0.119. The fraction of sp³-hybridized carbons (Fsp3) is 0.389. The van der Waals surface area contributed by atoms with Gasteiger partial charge < -0.3 is 19.4 Å². The highest BCUT2D eigenvalue weighted by Crippen LogP contribution is 2.30. The number of imidazole rings is 1. The van der Waals surface area contributed by atoms with E-state index in [-0.39, 0.29) is 18.6 Å². The Morgan fingerprint density at radius 2 is 1.94 bits per heavy atom. The first-order chi connectivity index (χ1) is 23.3. The quantitative estimate of drug-likeness (QED) is 0.167. The van der Waals surface area contributed by atoms with Crippen LogP contribution >= 0.6 is 11.6 Å². The number of hydrogen-bond donors (Lipinski definition) is 1. The Morgan fingerprint density at radius 3 is 2.67 bits per heavy atom. The molecule has 48 heavy (non-hydrogen) atoms. The first-order valence-electron chi connectivity index (χ1n) is 16.5. The smallest absolute Gasteiger partial charge is 0.248 e. The molecule has 5 heterocycles. The zero-order chi connectivity index (χ0) is 33.2. The molecule has 0 spiro atoms. The Kier molecular flexibility index (Phi) is 9.43. The molecule has 5 aromatic rings. The molecular weight excluding hydrogens is 633 g/mol. The summed E-state index contributed by atoms with van der Waals surface area (Å²) < 4.78 is 29.8. The van der Waals surface area contributed by atoms with Gasteiger partial charge in [0.25, 0.3) is 0 Å². The molecule has 0 saturated carbocycles. The van der Waals surface area contributed by atoms with Crippen LogP contribution in [0.25, 0.3) is 11.0 Å². The van der Waals surface area contributed by atoms with Crippen molar-refractivity contribution in [2.24, 2.45) is 0 Å². The minimum atomic E-state index is -0.438. The van der Waals surface area contributed by atoms with Crippen molar-refractivity contribution in [3.05, 3.63) is 100 Å². The second-order valence-corrected chi connectivity index (χ2v) is 13.1. The number of fused-ring (bicyclic) bond motifs is 1. The molecule has 2 aromatic carbocycles. The minimum absolute atomic E-state index is 0.0861. The highest BCUT2D eigenvalue weighted by molar-refractivity contribution is 6.30. The second kappa shape index (κ2) is 14.0. The number of piperidine rings is 1. The average molecular weight is 672 g/mol. The van der Waals surface area contributed by atoms with Crippen molar-refractivity contribution in [2.45, 2.75) is 70.9 Å². The second-order valence-electron chi connectivity index (χ2n) is 12.7. The summed E-state index contributed by atoms with van der Waals surface area (Å²) in [6.45, 7) is 7.93. The van der Waals surface area contributed by atoms with E-state index in [2.05, 4.69) is 19.9 Å². The lowest BCUT2D eigenvalue weighted by Gasteiger charge is -2.32. The van der Waals surface area contributed by atoms with Crippen LogP contribution in [0.1, 0.15) is 60.9 Å². The predicted octanol–water partition coefficient (Wildman–Crippen LogP) is 6.68. The normalized spacial score (nSPS) is 17.7. The van der Waals surface area contributed by atoms with Gasteiger partial charge in [0.1, 0.15) is 24.3 Å². The van der Waals surface area contributed by atoms with Crippen molar-refractivity contribution < 1.29 is 18.7 Å². The SMILES string of the molecule is Cc1ccnn1C(C)C(=O)Nc1ccc2c(c1)nc(CN1CCC(c3cccc(OCc4ccc(Cl)cc4F)n3)CC1)n2CC1CCO1. The number of aromatic nitrogens is 5. The van der Waals surface area contributed by atoms with Crippen molar-refractivity contribution in [3.63, 3.8) is 0 Å². The molecule has 3 aromatic heterocycles. The number of carbonyl (C=O) groups is 1. The van der Waals surface area contributed by atoms with E-state index in [1.807, 2.05) is 50.2 Å². The highest BCUT2D eigenvalue weighted by Gasteiger charge is 2.26. The molecule has 2 atom stereocenters. The number of amides is 1. The van der Waals surface area contributed by atoms with Crippen LogP contribution in [0.5, 0.6) is 5.88 Å². The summed E-state index contributed by atoms with van der Waals surface area (Å²) >= 11 is 5.88. The number of likely N-dealkylation sites (tertiary alicyclic amines) is 1. The van der Waals surface area contributed by atoms with E-state index < -0.39 is 11.9 Å². The third-order valence-corrected chi connectivity index (χ3v) is 9.63. The molecule has 0 bridgehead atoms. The molecular formula is C36H39ClFN7O3. The highest BCUT2D eigenvalue weighted by atomic mass is 35.5. The fourth-order valence-electron chi connectivity index (χ4n) is 6.47. The first kappa shape index (κ1) is 32.2. The van der Waals surface area contributed by atoms with Crippen molar-refractivity contribution in [2.75, 3.05) is 25.0 Å². The summed E-state index contributed by atoms with van der Waals surface area (Å²) in [4.78, 5) is 25.3. The Labute approximate surface area is 283 Å². The van der Waals surface area contributed by atoms with E-state index >= 15 is 0 Å². The van der Waals surface area contributed by atoms with Gasteiger partial charge in [-0.3, -0.25) is 14.4 Å². The van der Waals surface area contributed by atoms with E-state index in [0.717, 1.165) is 73.7 Å². The number of aryl methyl sites for hydroxylation is 1. The maximum Gasteiger partial charge on any atom is 0.248 e. The van der Waals surface area contributed by atoms with Gasteiger partial charge in [0.2, 0.25) is 11.8 Å². The monoisotopic (exact) mass is 671 g/mol. The lowest BCUT2D eigenvalue weighted by Crippen LogP contribution is -2.35. The number of carbonyl (C=O) groups excluding carboxylic acids is 1. The van der Waals surface area contributed by atoms with E-state index in [0.29, 0.717) is 34.6 Å². The van der Waals surface area contributed by atoms with Crippen molar-refractivity contribution in [1.82, 2.24) is 29.2 Å². The molecule has 1 N–H and O–H groups in total. The molecule has 10 nitrogen and oxygen atoms in total. The van der Waals surface area contributed by atoms with Crippen LogP contribution in [-0.2, 0) is 29.2 Å². The molecule has 1 amide bonds. The van der Waals surface area contributed by atoms with E-state index in [4.69, 9.17) is 31.0 Å². The minimum Gasteiger partial charge on any atom is -0.473 e. The molecule has 0 aliphatic carbocycles. The molecule has 7 rings (SSSR count). The number of benzene rings is 2. The molecule has 0 radical (unpaired) electrons. The number of pyridine rings is 1. The molecule has 12 heteroatoms. The van der Waals surface area contributed by atoms with Gasteiger partial charge in [-0.25, -0.2) is 14.4 Å². The van der Waals surface area contributed by atoms with Crippen LogP contribution in [0, 0.1) is 12.7 Å². The Hall–Kier alpha value is -4.32. The maximum absolute atomic E-state index is 14.2.